The molecule has 0 aromatic heterocycles. The van der Waals surface area contributed by atoms with Gasteiger partial charge in [-0.25, -0.2) is 4.79 Å². The lowest BCUT2D eigenvalue weighted by Crippen LogP contribution is -2.54. The lowest BCUT2D eigenvalue weighted by molar-refractivity contribution is -0.000800. The zero-order valence-electron chi connectivity index (χ0n) is 17.6. The van der Waals surface area contributed by atoms with Crippen molar-refractivity contribution in [3.8, 4) is 0 Å². The normalized spacial score (nSPS) is 14.8. The number of hydrogen-bond donors (Lipinski definition) is 1. The van der Waals surface area contributed by atoms with Crippen molar-refractivity contribution in [3.63, 3.8) is 0 Å². The van der Waals surface area contributed by atoms with Gasteiger partial charge in [0.15, 0.2) is 0 Å². The van der Waals surface area contributed by atoms with Gasteiger partial charge in [0.05, 0.1) is 0 Å². The first-order chi connectivity index (χ1) is 14.2. The average molecular weight is 492 g/mol. The van der Waals surface area contributed by atoms with Gasteiger partial charge in [0, 0.05) is 41.6 Å². The summed E-state index contributed by atoms with van der Waals surface area (Å²) >= 11 is 9.55. The van der Waals surface area contributed by atoms with Crippen LogP contribution in [0.15, 0.2) is 46.9 Å². The van der Waals surface area contributed by atoms with E-state index in [2.05, 4.69) is 57.7 Å². The number of ether oxygens (including phenoxy) is 1. The van der Waals surface area contributed by atoms with Crippen molar-refractivity contribution < 1.29 is 9.53 Å². The minimum atomic E-state index is -0.441. The van der Waals surface area contributed by atoms with Gasteiger partial charge < -0.3 is 15.0 Å². The Hall–Kier alpha value is -1.82. The molecule has 0 spiro atoms. The number of carbonyl (C=O) groups is 1. The van der Waals surface area contributed by atoms with Crippen LogP contribution in [-0.4, -0.2) is 36.2 Å². The van der Waals surface area contributed by atoms with Crippen molar-refractivity contribution in [2.75, 3.05) is 19.6 Å². The summed E-state index contributed by atoms with van der Waals surface area (Å²) in [5, 5.41) is 4.22. The van der Waals surface area contributed by atoms with Crippen LogP contribution < -0.4 is 5.32 Å². The number of likely N-dealkylation sites (tertiary alicyclic amines) is 1. The van der Waals surface area contributed by atoms with Gasteiger partial charge in [-0.05, 0) is 49.6 Å². The van der Waals surface area contributed by atoms with Gasteiger partial charge in [-0.2, -0.15) is 0 Å². The second-order valence-electron chi connectivity index (χ2n) is 8.63. The molecular formula is C24H28BrClN2O2. The number of nitrogens with one attached hydrogen (secondary N) is 1. The molecule has 1 N–H and O–H groups in total. The molecular weight excluding hydrogens is 464 g/mol. The minimum Gasteiger partial charge on any atom is -0.444 e. The van der Waals surface area contributed by atoms with E-state index in [1.165, 1.54) is 5.56 Å². The van der Waals surface area contributed by atoms with Crippen LogP contribution in [0.1, 0.15) is 37.5 Å². The van der Waals surface area contributed by atoms with Gasteiger partial charge in [0.1, 0.15) is 5.60 Å². The fourth-order valence-corrected chi connectivity index (χ4v) is 4.04. The molecule has 1 saturated heterocycles. The Morgan fingerprint density at radius 3 is 2.70 bits per heavy atom. The third-order valence-corrected chi connectivity index (χ3v) is 5.66. The van der Waals surface area contributed by atoms with Crippen LogP contribution in [0.5, 0.6) is 0 Å². The summed E-state index contributed by atoms with van der Waals surface area (Å²) in [6, 6.07) is 14.2. The Kier molecular flexibility index (Phi) is 7.61. The first-order valence-electron chi connectivity index (χ1n) is 10.1. The Bertz CT molecular complexity index is 918. The van der Waals surface area contributed by atoms with Crippen LogP contribution in [0.3, 0.4) is 0 Å². The number of carbonyl (C=O) groups excluding carboxylic acids is 1. The lowest BCUT2D eigenvalue weighted by atomic mass is 10.0. The van der Waals surface area contributed by atoms with E-state index in [1.807, 2.05) is 39.0 Å². The van der Waals surface area contributed by atoms with E-state index in [-0.39, 0.29) is 6.09 Å². The average Bonchev–Trinajstić information content (AvgIpc) is 2.61. The summed E-state index contributed by atoms with van der Waals surface area (Å²) in [6.45, 7) is 8.86. The quantitative estimate of drug-likeness (QED) is 0.487. The van der Waals surface area contributed by atoms with Gasteiger partial charge in [0.2, 0.25) is 0 Å². The monoisotopic (exact) mass is 490 g/mol. The molecule has 1 aliphatic rings. The van der Waals surface area contributed by atoms with Gasteiger partial charge >= 0.3 is 6.09 Å². The second kappa shape index (κ2) is 9.99. The number of rotatable bonds is 6. The van der Waals surface area contributed by atoms with Crippen LogP contribution in [-0.2, 0) is 11.3 Å². The molecule has 0 saturated carbocycles. The molecule has 2 aromatic rings. The summed E-state index contributed by atoms with van der Waals surface area (Å²) in [6.07, 6.45) is 3.96. The zero-order valence-corrected chi connectivity index (χ0v) is 20.0. The van der Waals surface area contributed by atoms with Crippen LogP contribution in [0, 0.1) is 5.92 Å². The molecule has 1 aliphatic heterocycles. The van der Waals surface area contributed by atoms with Crippen LogP contribution in [0.4, 0.5) is 4.79 Å². The molecule has 0 atom stereocenters. The summed E-state index contributed by atoms with van der Waals surface area (Å²) < 4.78 is 6.37. The summed E-state index contributed by atoms with van der Waals surface area (Å²) in [7, 11) is 0. The zero-order chi connectivity index (χ0) is 21.7. The standard InChI is InChI=1S/C24H28BrClN2O2/c1-24(2,3)30-23(29)28-15-19(16-28)14-27-13-18-6-4-5-17(11-18)7-8-20-9-10-21(26)12-22(20)25/h4-12,19,27H,13-16H2,1-3H3. The van der Waals surface area contributed by atoms with Gasteiger partial charge in [-0.1, -0.05) is 70.0 Å². The molecule has 4 nitrogen and oxygen atoms in total. The highest BCUT2D eigenvalue weighted by atomic mass is 79.9. The molecule has 3 rings (SSSR count). The molecule has 1 heterocycles. The van der Waals surface area contributed by atoms with E-state index in [9.17, 15) is 4.79 Å². The topological polar surface area (TPSA) is 41.6 Å². The predicted octanol–water partition coefficient (Wildman–Crippen LogP) is 6.23. The highest BCUT2D eigenvalue weighted by Crippen LogP contribution is 2.23. The van der Waals surface area contributed by atoms with E-state index in [0.717, 1.165) is 41.8 Å². The summed E-state index contributed by atoms with van der Waals surface area (Å²) in [5.74, 6) is 0.475. The van der Waals surface area contributed by atoms with Crippen molar-refractivity contribution in [2.24, 2.45) is 5.92 Å². The van der Waals surface area contributed by atoms with Gasteiger partial charge in [-0.15, -0.1) is 0 Å². The van der Waals surface area contributed by atoms with Crippen LogP contribution >= 0.6 is 27.5 Å². The van der Waals surface area contributed by atoms with E-state index < -0.39 is 5.60 Å². The highest BCUT2D eigenvalue weighted by molar-refractivity contribution is 9.10. The van der Waals surface area contributed by atoms with Crippen molar-refractivity contribution in [1.29, 1.82) is 0 Å². The van der Waals surface area contributed by atoms with E-state index in [0.29, 0.717) is 10.9 Å². The minimum absolute atomic E-state index is 0.217. The number of amides is 1. The molecule has 0 bridgehead atoms. The number of nitrogens with zero attached hydrogens (tertiary/aromatic N) is 1. The molecule has 30 heavy (non-hydrogen) atoms. The number of benzene rings is 2. The second-order valence-corrected chi connectivity index (χ2v) is 9.92. The molecule has 1 amide bonds. The molecule has 6 heteroatoms. The first kappa shape index (κ1) is 22.9. The van der Waals surface area contributed by atoms with Crippen molar-refractivity contribution in [3.05, 3.63) is 68.7 Å². The lowest BCUT2D eigenvalue weighted by Gasteiger charge is -2.39. The van der Waals surface area contributed by atoms with Gasteiger partial charge in [0.25, 0.3) is 0 Å². The van der Waals surface area contributed by atoms with Crippen LogP contribution in [0.25, 0.3) is 12.2 Å². The fourth-order valence-electron chi connectivity index (χ4n) is 3.22. The van der Waals surface area contributed by atoms with Crippen LogP contribution in [0.2, 0.25) is 5.02 Å². The van der Waals surface area contributed by atoms with E-state index >= 15 is 0 Å². The third-order valence-electron chi connectivity index (χ3n) is 4.74. The number of hydrogen-bond acceptors (Lipinski definition) is 3. The predicted molar refractivity (Wildman–Crippen MR) is 128 cm³/mol. The molecule has 0 unspecified atom stereocenters. The SMILES string of the molecule is CC(C)(C)OC(=O)N1CC(CNCc2cccc(C=Cc3ccc(Cl)cc3Br)c2)C1. The maximum atomic E-state index is 12.0. The maximum Gasteiger partial charge on any atom is 0.410 e. The smallest absolute Gasteiger partial charge is 0.410 e. The van der Waals surface area contributed by atoms with Crippen molar-refractivity contribution >= 4 is 45.8 Å². The first-order valence-corrected chi connectivity index (χ1v) is 11.3. The maximum absolute atomic E-state index is 12.0. The van der Waals surface area contributed by atoms with Gasteiger partial charge in [-0.3, -0.25) is 0 Å². The molecule has 160 valence electrons. The third kappa shape index (κ3) is 6.86. The molecule has 0 radical (unpaired) electrons. The Morgan fingerprint density at radius 1 is 1.23 bits per heavy atom. The molecule has 0 aliphatic carbocycles. The summed E-state index contributed by atoms with van der Waals surface area (Å²) in [5.41, 5.74) is 3.03. The molecule has 2 aromatic carbocycles. The highest BCUT2D eigenvalue weighted by Gasteiger charge is 2.33. The van der Waals surface area contributed by atoms with Crippen molar-refractivity contribution in [1.82, 2.24) is 10.2 Å². The number of halogens is 2. The Balaban J connectivity index is 1.44. The summed E-state index contributed by atoms with van der Waals surface area (Å²) in [4.78, 5) is 13.8. The van der Waals surface area contributed by atoms with E-state index in [4.69, 9.17) is 16.3 Å². The fraction of sp³-hybridized carbons (Fsp3) is 0.375. The largest absolute Gasteiger partial charge is 0.444 e. The Labute approximate surface area is 192 Å². The Morgan fingerprint density at radius 2 is 2.00 bits per heavy atom. The molecule has 1 fully saturated rings. The van der Waals surface area contributed by atoms with Crippen molar-refractivity contribution in [2.45, 2.75) is 32.9 Å². The van der Waals surface area contributed by atoms with E-state index in [1.54, 1.807) is 4.90 Å².